The summed E-state index contributed by atoms with van der Waals surface area (Å²) in [5, 5.41) is 7.19. The van der Waals surface area contributed by atoms with Crippen LogP contribution in [0.1, 0.15) is 55.8 Å². The molecule has 0 aliphatic carbocycles. The normalized spacial score (nSPS) is 14.5. The molecule has 0 N–H and O–H groups in total. The number of aryl methyl sites for hydroxylation is 4. The Balaban J connectivity index is 1.47. The Morgan fingerprint density at radius 2 is 1.04 bits per heavy atom. The van der Waals surface area contributed by atoms with E-state index < -0.39 is 11.9 Å². The number of ether oxygens (including phenoxy) is 3. The first-order chi connectivity index (χ1) is 23.2. The molecule has 48 heavy (non-hydrogen) atoms. The summed E-state index contributed by atoms with van der Waals surface area (Å²) >= 11 is 0. The van der Waals surface area contributed by atoms with E-state index in [9.17, 15) is 9.59 Å². The van der Waals surface area contributed by atoms with E-state index in [-0.39, 0.29) is 0 Å². The van der Waals surface area contributed by atoms with Crippen LogP contribution in [0.2, 0.25) is 0 Å². The lowest BCUT2D eigenvalue weighted by atomic mass is 9.84. The Morgan fingerprint density at radius 3 is 1.58 bits per heavy atom. The van der Waals surface area contributed by atoms with Crippen molar-refractivity contribution in [3.63, 3.8) is 0 Å². The van der Waals surface area contributed by atoms with Gasteiger partial charge >= 0.3 is 11.9 Å². The summed E-state index contributed by atoms with van der Waals surface area (Å²) in [4.78, 5) is 29.4. The van der Waals surface area contributed by atoms with Crippen LogP contribution >= 0.6 is 0 Å². The van der Waals surface area contributed by atoms with E-state index in [1.54, 1.807) is 12.1 Å². The fraction of sp³-hybridized carbons (Fsp3) is 0.190. The molecule has 6 nitrogen and oxygen atoms in total. The Labute approximate surface area is 277 Å². The van der Waals surface area contributed by atoms with Crippen molar-refractivity contribution in [1.29, 1.82) is 0 Å². The van der Waals surface area contributed by atoms with Crippen molar-refractivity contribution in [1.82, 2.24) is 0 Å². The summed E-state index contributed by atoms with van der Waals surface area (Å²) in [6.45, 7) is 10.2. The first-order valence-corrected chi connectivity index (χ1v) is 16.5. The quantitative estimate of drug-likeness (QED) is 0.0815. The summed E-state index contributed by atoms with van der Waals surface area (Å²) in [7, 11) is 0. The molecule has 0 unspecified atom stereocenters. The number of rotatable bonds is 5. The van der Waals surface area contributed by atoms with Gasteiger partial charge in [-0.15, -0.1) is 0 Å². The molecule has 236 valence electrons. The third-order valence-electron chi connectivity index (χ3n) is 9.81. The summed E-state index contributed by atoms with van der Waals surface area (Å²) in [6.07, 6.45) is 2.34. The van der Waals surface area contributed by atoms with Crippen molar-refractivity contribution < 1.29 is 23.8 Å². The fourth-order valence-corrected chi connectivity index (χ4v) is 8.08. The van der Waals surface area contributed by atoms with Crippen LogP contribution in [0.3, 0.4) is 0 Å². The van der Waals surface area contributed by atoms with E-state index in [1.807, 2.05) is 52.0 Å². The van der Waals surface area contributed by atoms with Gasteiger partial charge in [0.15, 0.2) is 0 Å². The SMILES string of the molecule is Cc1cc(C)cc(Oc2cc3c4c(cc(Oc5cc(C)cc(C)c5)c5c6ccc(N7CCCC7)c7cccc(c2c45)c76)C(=O)OC3=O)c1. The molecule has 0 radical (unpaired) electrons. The predicted molar refractivity (Wildman–Crippen MR) is 191 cm³/mol. The van der Waals surface area contributed by atoms with Gasteiger partial charge in [0.05, 0.1) is 11.1 Å². The van der Waals surface area contributed by atoms with Crippen molar-refractivity contribution >= 4 is 60.7 Å². The van der Waals surface area contributed by atoms with E-state index in [1.165, 1.54) is 18.5 Å². The lowest BCUT2D eigenvalue weighted by Crippen LogP contribution is -2.20. The van der Waals surface area contributed by atoms with Crippen LogP contribution < -0.4 is 14.4 Å². The summed E-state index contributed by atoms with van der Waals surface area (Å²) in [6, 6.07) is 26.4. The molecular weight excluding hydrogens is 598 g/mol. The van der Waals surface area contributed by atoms with Crippen LogP contribution in [0.4, 0.5) is 5.69 Å². The Kier molecular flexibility index (Phi) is 6.22. The predicted octanol–water partition coefficient (Wildman–Crippen LogP) is 10.5. The number of nitrogens with zero attached hydrogens (tertiary/aromatic N) is 1. The highest BCUT2D eigenvalue weighted by Gasteiger charge is 2.34. The largest absolute Gasteiger partial charge is 0.457 e. The zero-order valence-electron chi connectivity index (χ0n) is 27.3. The molecule has 0 atom stereocenters. The molecule has 0 aromatic heterocycles. The number of fused-ring (bicyclic) bond motifs is 2. The van der Waals surface area contributed by atoms with Crippen LogP contribution in [0.15, 0.2) is 78.9 Å². The third kappa shape index (κ3) is 4.32. The van der Waals surface area contributed by atoms with Crippen LogP contribution in [0, 0.1) is 27.7 Å². The number of anilines is 1. The molecular formula is C42H33NO5. The number of hydrogen-bond acceptors (Lipinski definition) is 6. The molecule has 7 aromatic rings. The monoisotopic (exact) mass is 631 g/mol. The number of carbonyl (C=O) groups is 2. The van der Waals surface area contributed by atoms with Gasteiger partial charge in [0.1, 0.15) is 23.0 Å². The maximum absolute atomic E-state index is 13.5. The van der Waals surface area contributed by atoms with E-state index in [0.29, 0.717) is 39.5 Å². The molecule has 0 saturated carbocycles. The topological polar surface area (TPSA) is 65.1 Å². The number of benzene rings is 7. The zero-order valence-corrected chi connectivity index (χ0v) is 27.3. The molecule has 2 aliphatic rings. The van der Waals surface area contributed by atoms with Gasteiger partial charge in [-0.2, -0.15) is 0 Å². The van der Waals surface area contributed by atoms with Crippen molar-refractivity contribution in [2.24, 2.45) is 0 Å². The molecule has 1 saturated heterocycles. The third-order valence-corrected chi connectivity index (χ3v) is 9.81. The molecule has 2 aliphatic heterocycles. The highest BCUT2D eigenvalue weighted by molar-refractivity contribution is 6.40. The standard InChI is InChI=1S/C42H33NO5/c1-22-14-23(2)17-26(16-22)46-34-20-31-37-32(42(45)48-41(31)44)21-35(47-27-18-24(3)15-25(4)19-27)39-30-10-11-33(43-12-5-6-13-43)28-8-7-9-29(36(28)30)38(34)40(37)39/h7-11,14-21H,5-6,12-13H2,1-4H3. The Morgan fingerprint density at radius 1 is 0.542 bits per heavy atom. The van der Waals surface area contributed by atoms with Gasteiger partial charge in [-0.05, 0) is 121 Å². The summed E-state index contributed by atoms with van der Waals surface area (Å²) < 4.78 is 18.9. The molecule has 0 spiro atoms. The summed E-state index contributed by atoms with van der Waals surface area (Å²) in [5.74, 6) is 1.01. The minimum absolute atomic E-state index is 0.297. The van der Waals surface area contributed by atoms with Gasteiger partial charge in [0.25, 0.3) is 0 Å². The molecule has 0 amide bonds. The van der Waals surface area contributed by atoms with Gasteiger partial charge in [-0.3, -0.25) is 0 Å². The Hall–Kier alpha value is -5.62. The molecule has 2 heterocycles. The smallest absolute Gasteiger partial charge is 0.346 e. The lowest BCUT2D eigenvalue weighted by molar-refractivity contribution is 0.0390. The second-order valence-corrected chi connectivity index (χ2v) is 13.4. The summed E-state index contributed by atoms with van der Waals surface area (Å²) in [5.41, 5.74) is 6.08. The zero-order chi connectivity index (χ0) is 32.8. The van der Waals surface area contributed by atoms with Gasteiger partial charge < -0.3 is 19.1 Å². The van der Waals surface area contributed by atoms with E-state index >= 15 is 0 Å². The van der Waals surface area contributed by atoms with Crippen LogP contribution in [-0.4, -0.2) is 25.0 Å². The first-order valence-electron chi connectivity index (χ1n) is 16.5. The van der Waals surface area contributed by atoms with Crippen LogP contribution in [0.25, 0.3) is 43.1 Å². The van der Waals surface area contributed by atoms with Crippen LogP contribution in [-0.2, 0) is 4.74 Å². The maximum Gasteiger partial charge on any atom is 0.346 e. The van der Waals surface area contributed by atoms with Gasteiger partial charge in [-0.1, -0.05) is 36.4 Å². The minimum Gasteiger partial charge on any atom is -0.457 e. The second-order valence-electron chi connectivity index (χ2n) is 13.4. The van der Waals surface area contributed by atoms with Gasteiger partial charge in [0, 0.05) is 45.7 Å². The van der Waals surface area contributed by atoms with Gasteiger partial charge in [-0.25, -0.2) is 9.59 Å². The van der Waals surface area contributed by atoms with Crippen molar-refractivity contribution in [3.05, 3.63) is 112 Å². The van der Waals surface area contributed by atoms with Gasteiger partial charge in [0.2, 0.25) is 0 Å². The number of esters is 2. The van der Waals surface area contributed by atoms with E-state index in [0.717, 1.165) is 73.0 Å². The fourth-order valence-electron chi connectivity index (χ4n) is 8.08. The molecule has 7 aromatic carbocycles. The molecule has 0 bridgehead atoms. The maximum atomic E-state index is 13.5. The molecule has 9 rings (SSSR count). The minimum atomic E-state index is -0.688. The van der Waals surface area contributed by atoms with Crippen LogP contribution in [0.5, 0.6) is 23.0 Å². The first kappa shape index (κ1) is 28.6. The van der Waals surface area contributed by atoms with Crippen molar-refractivity contribution in [2.45, 2.75) is 40.5 Å². The van der Waals surface area contributed by atoms with Crippen molar-refractivity contribution in [2.75, 3.05) is 18.0 Å². The average Bonchev–Trinajstić information content (AvgIpc) is 3.57. The highest BCUT2D eigenvalue weighted by Crippen LogP contribution is 2.52. The molecule has 6 heteroatoms. The lowest BCUT2D eigenvalue weighted by Gasteiger charge is -2.26. The highest BCUT2D eigenvalue weighted by atomic mass is 16.6. The Bertz CT molecular complexity index is 2360. The second kappa shape index (κ2) is 10.4. The number of hydrogen-bond donors (Lipinski definition) is 0. The van der Waals surface area contributed by atoms with E-state index in [2.05, 4.69) is 47.4 Å². The van der Waals surface area contributed by atoms with Crippen molar-refractivity contribution in [3.8, 4) is 23.0 Å². The average molecular weight is 632 g/mol. The number of cyclic esters (lactones) is 2. The number of carbonyl (C=O) groups excluding carboxylic acids is 2. The molecule has 1 fully saturated rings. The van der Waals surface area contributed by atoms with E-state index in [4.69, 9.17) is 14.2 Å².